The number of nitrogens with one attached hydrogen (secondary N) is 1. The van der Waals surface area contributed by atoms with Crippen molar-refractivity contribution in [1.82, 2.24) is 0 Å². The number of aryl methyl sites for hydroxylation is 2. The number of amides is 1. The zero-order valence-corrected chi connectivity index (χ0v) is 26.3. The van der Waals surface area contributed by atoms with E-state index < -0.39 is 16.8 Å². The molecule has 1 amide bonds. The fraction of sp³-hybridized carbons (Fsp3) is 0.371. The van der Waals surface area contributed by atoms with Gasteiger partial charge in [0.2, 0.25) is 0 Å². The van der Waals surface area contributed by atoms with Gasteiger partial charge >= 0.3 is 5.97 Å². The third-order valence-corrected chi connectivity index (χ3v) is 9.27. The summed E-state index contributed by atoms with van der Waals surface area (Å²) in [6, 6.07) is 19.3. The van der Waals surface area contributed by atoms with E-state index in [1.165, 1.54) is 11.8 Å². The molecule has 0 saturated carbocycles. The lowest BCUT2D eigenvalue weighted by atomic mass is 9.78. The topological polar surface area (TPSA) is 116 Å². The first-order valence-corrected chi connectivity index (χ1v) is 15.3. The van der Waals surface area contributed by atoms with Crippen molar-refractivity contribution in [3.8, 4) is 11.8 Å². The van der Waals surface area contributed by atoms with Gasteiger partial charge in [-0.05, 0) is 90.3 Å². The molecule has 0 aliphatic carbocycles. The SMILES string of the molecule is Cc1cc(SC2C(=O)CC(CCc3ccc(O)cc3)(C(C)C)OC2=O)c(C(C)(C)C)cc1NC(=O)c1cccc(C#N)c1. The normalized spacial score (nSPS) is 18.7. The Kier molecular flexibility index (Phi) is 9.36. The number of benzene rings is 3. The minimum Gasteiger partial charge on any atom is -0.508 e. The van der Waals surface area contributed by atoms with Crippen molar-refractivity contribution in [3.05, 3.63) is 88.5 Å². The molecule has 0 radical (unpaired) electrons. The van der Waals surface area contributed by atoms with Crippen molar-refractivity contribution >= 4 is 35.1 Å². The first kappa shape index (κ1) is 31.8. The maximum Gasteiger partial charge on any atom is 0.327 e. The van der Waals surface area contributed by atoms with E-state index in [1.54, 1.807) is 36.4 Å². The number of ether oxygens (including phenoxy) is 1. The number of phenols is 1. The first-order chi connectivity index (χ1) is 20.2. The summed E-state index contributed by atoms with van der Waals surface area (Å²) in [5, 5.41) is 20.8. The van der Waals surface area contributed by atoms with Crippen LogP contribution in [0.15, 0.2) is 65.6 Å². The summed E-state index contributed by atoms with van der Waals surface area (Å²) in [4.78, 5) is 40.9. The highest BCUT2D eigenvalue weighted by Crippen LogP contribution is 2.43. The van der Waals surface area contributed by atoms with Crippen LogP contribution in [0.25, 0.3) is 0 Å². The Morgan fingerprint density at radius 1 is 1.14 bits per heavy atom. The lowest BCUT2D eigenvalue weighted by Gasteiger charge is -2.41. The number of phenolic OH excluding ortho intramolecular Hbond substituents is 1. The monoisotopic (exact) mass is 598 g/mol. The van der Waals surface area contributed by atoms with Gasteiger partial charge in [-0.25, -0.2) is 0 Å². The number of nitrogens with zero attached hydrogens (tertiary/aromatic N) is 1. The van der Waals surface area contributed by atoms with Crippen LogP contribution in [0.5, 0.6) is 5.75 Å². The van der Waals surface area contributed by atoms with Crippen LogP contribution in [-0.2, 0) is 26.2 Å². The van der Waals surface area contributed by atoms with Crippen LogP contribution in [0.4, 0.5) is 5.69 Å². The summed E-state index contributed by atoms with van der Waals surface area (Å²) in [5.41, 5.74) is 2.80. The van der Waals surface area contributed by atoms with Crippen molar-refractivity contribution < 1.29 is 24.2 Å². The number of aromatic hydroxyl groups is 1. The van der Waals surface area contributed by atoms with Crippen molar-refractivity contribution in [2.75, 3.05) is 5.32 Å². The van der Waals surface area contributed by atoms with Crippen molar-refractivity contribution in [2.45, 2.75) is 82.0 Å². The number of carbonyl (C=O) groups excluding carboxylic acids is 3. The molecular weight excluding hydrogens is 560 g/mol. The fourth-order valence-electron chi connectivity index (χ4n) is 5.24. The molecule has 4 rings (SSSR count). The lowest BCUT2D eigenvalue weighted by Crippen LogP contribution is -2.52. The van der Waals surface area contributed by atoms with Gasteiger partial charge in [-0.3, -0.25) is 14.4 Å². The summed E-state index contributed by atoms with van der Waals surface area (Å²) in [7, 11) is 0. The van der Waals surface area contributed by atoms with Gasteiger partial charge in [-0.2, -0.15) is 5.26 Å². The number of cyclic esters (lactones) is 1. The number of hydrogen-bond donors (Lipinski definition) is 2. The van der Waals surface area contributed by atoms with E-state index >= 15 is 0 Å². The second-order valence-corrected chi connectivity index (χ2v) is 13.7. The lowest BCUT2D eigenvalue weighted by molar-refractivity contribution is -0.176. The summed E-state index contributed by atoms with van der Waals surface area (Å²) in [6.45, 7) is 11.9. The Hall–Kier alpha value is -4.09. The van der Waals surface area contributed by atoms with Gasteiger partial charge < -0.3 is 15.2 Å². The highest BCUT2D eigenvalue weighted by Gasteiger charge is 2.49. The van der Waals surface area contributed by atoms with E-state index in [-0.39, 0.29) is 35.2 Å². The van der Waals surface area contributed by atoms with E-state index in [1.807, 2.05) is 65.8 Å². The van der Waals surface area contributed by atoms with Crippen LogP contribution in [0.2, 0.25) is 0 Å². The molecule has 7 nitrogen and oxygen atoms in total. The maximum atomic E-state index is 13.6. The second kappa shape index (κ2) is 12.6. The zero-order chi connectivity index (χ0) is 31.5. The molecule has 1 heterocycles. The standard InChI is InChI=1S/C35H38N2O5S/c1-21(2)35(15-14-23-10-12-26(38)13-11-23)19-29(39)31(33(41)42-35)43-30-16-22(3)28(18-27(30)34(4,5)6)37-32(40)25-9-7-8-24(17-25)20-36/h7-13,16-18,21,31,38H,14-15,19H2,1-6H3,(H,37,40). The minimum atomic E-state index is -0.991. The third kappa shape index (κ3) is 7.29. The van der Waals surface area contributed by atoms with E-state index in [9.17, 15) is 24.8 Å². The average molecular weight is 599 g/mol. The summed E-state index contributed by atoms with van der Waals surface area (Å²) >= 11 is 1.21. The van der Waals surface area contributed by atoms with E-state index in [4.69, 9.17) is 4.74 Å². The van der Waals surface area contributed by atoms with Gasteiger partial charge in [0.1, 0.15) is 11.4 Å². The predicted octanol–water partition coefficient (Wildman–Crippen LogP) is 7.13. The van der Waals surface area contributed by atoms with Gasteiger partial charge in [-0.15, -0.1) is 11.8 Å². The van der Waals surface area contributed by atoms with Crippen LogP contribution in [0, 0.1) is 24.2 Å². The van der Waals surface area contributed by atoms with E-state index in [0.717, 1.165) is 21.6 Å². The number of esters is 1. The van der Waals surface area contributed by atoms with E-state index in [0.29, 0.717) is 29.7 Å². The highest BCUT2D eigenvalue weighted by atomic mass is 32.2. The zero-order valence-electron chi connectivity index (χ0n) is 25.5. The fourth-order valence-corrected chi connectivity index (χ4v) is 6.59. The van der Waals surface area contributed by atoms with Gasteiger partial charge in [-0.1, -0.05) is 52.8 Å². The Morgan fingerprint density at radius 2 is 1.84 bits per heavy atom. The number of thioether (sulfide) groups is 1. The molecule has 0 bridgehead atoms. The smallest absolute Gasteiger partial charge is 0.327 e. The van der Waals surface area contributed by atoms with Crippen molar-refractivity contribution in [1.29, 1.82) is 5.26 Å². The van der Waals surface area contributed by atoms with Crippen LogP contribution >= 0.6 is 11.8 Å². The minimum absolute atomic E-state index is 0.0624. The molecule has 8 heteroatoms. The Labute approximate surface area is 257 Å². The van der Waals surface area contributed by atoms with Crippen molar-refractivity contribution in [2.24, 2.45) is 5.92 Å². The Morgan fingerprint density at radius 3 is 2.44 bits per heavy atom. The number of ketones is 1. The maximum absolute atomic E-state index is 13.6. The van der Waals surface area contributed by atoms with Crippen LogP contribution < -0.4 is 5.32 Å². The van der Waals surface area contributed by atoms with E-state index in [2.05, 4.69) is 11.4 Å². The number of nitriles is 1. The molecule has 2 atom stereocenters. The molecule has 3 aromatic carbocycles. The Bertz CT molecular complexity index is 1560. The van der Waals surface area contributed by atoms with Crippen LogP contribution in [0.1, 0.15) is 80.1 Å². The third-order valence-electron chi connectivity index (χ3n) is 7.99. The van der Waals surface area contributed by atoms with Gasteiger partial charge in [0.25, 0.3) is 5.91 Å². The number of carbonyl (C=O) groups is 3. The molecule has 224 valence electrons. The molecule has 1 fully saturated rings. The van der Waals surface area contributed by atoms with Gasteiger partial charge in [0, 0.05) is 22.6 Å². The number of anilines is 1. The number of hydrogen-bond acceptors (Lipinski definition) is 7. The molecule has 3 aromatic rings. The molecule has 1 aliphatic rings. The quantitative estimate of drug-likeness (QED) is 0.209. The molecule has 2 N–H and O–H groups in total. The summed E-state index contributed by atoms with van der Waals surface area (Å²) < 4.78 is 6.13. The molecule has 1 saturated heterocycles. The van der Waals surface area contributed by atoms with Gasteiger partial charge in [0.15, 0.2) is 11.0 Å². The molecule has 2 unspecified atom stereocenters. The second-order valence-electron chi connectivity index (χ2n) is 12.5. The summed E-state index contributed by atoms with van der Waals surface area (Å²) in [6.07, 6.45) is 1.24. The molecular formula is C35H38N2O5S. The predicted molar refractivity (Wildman–Crippen MR) is 168 cm³/mol. The number of Topliss-reactive ketones (excluding diaryl/α,β-unsaturated/α-hetero) is 1. The molecule has 1 aliphatic heterocycles. The average Bonchev–Trinajstić information content (AvgIpc) is 2.95. The highest BCUT2D eigenvalue weighted by molar-refractivity contribution is 8.01. The van der Waals surface area contributed by atoms with Gasteiger partial charge in [0.05, 0.1) is 11.6 Å². The first-order valence-electron chi connectivity index (χ1n) is 14.4. The largest absolute Gasteiger partial charge is 0.508 e. The molecule has 0 spiro atoms. The molecule has 43 heavy (non-hydrogen) atoms. The Balaban J connectivity index is 1.56. The number of rotatable bonds is 8. The molecule has 0 aromatic heterocycles. The van der Waals surface area contributed by atoms with Crippen LogP contribution in [0.3, 0.4) is 0 Å². The summed E-state index contributed by atoms with van der Waals surface area (Å²) in [5.74, 6) is -0.899. The van der Waals surface area contributed by atoms with Crippen LogP contribution in [-0.4, -0.2) is 33.6 Å². The van der Waals surface area contributed by atoms with Crippen molar-refractivity contribution in [3.63, 3.8) is 0 Å².